The number of hydrogen-bond acceptors (Lipinski definition) is 2. The molecule has 0 bridgehead atoms. The summed E-state index contributed by atoms with van der Waals surface area (Å²) >= 11 is 0. The predicted molar refractivity (Wildman–Crippen MR) is 70.1 cm³/mol. The molecule has 4 heteroatoms. The maximum absolute atomic E-state index is 12.1. The van der Waals surface area contributed by atoms with Gasteiger partial charge in [0, 0.05) is 19.1 Å². The molecule has 1 aliphatic carbocycles. The largest absolute Gasteiger partial charge is 0.348 e. The van der Waals surface area contributed by atoms with Crippen molar-refractivity contribution in [3.05, 3.63) is 0 Å². The second-order valence-electron chi connectivity index (χ2n) is 5.46. The van der Waals surface area contributed by atoms with Crippen molar-refractivity contribution in [2.24, 2.45) is 0 Å². The Bertz CT molecular complexity index is 296. The Labute approximate surface area is 109 Å². The Morgan fingerprint density at radius 2 is 1.56 bits per heavy atom. The minimum atomic E-state index is -0.406. The van der Waals surface area contributed by atoms with Crippen molar-refractivity contribution in [1.82, 2.24) is 10.2 Å². The molecule has 2 fully saturated rings. The smallest absolute Gasteiger partial charge is 0.312 e. The van der Waals surface area contributed by atoms with Crippen LogP contribution in [0, 0.1) is 0 Å². The first-order valence-electron chi connectivity index (χ1n) is 7.38. The number of carbonyl (C=O) groups excluding carboxylic acids is 2. The van der Waals surface area contributed by atoms with Gasteiger partial charge < -0.3 is 10.2 Å². The van der Waals surface area contributed by atoms with Crippen LogP contribution in [-0.4, -0.2) is 35.8 Å². The molecule has 0 radical (unpaired) electrons. The highest BCUT2D eigenvalue weighted by molar-refractivity contribution is 6.35. The summed E-state index contributed by atoms with van der Waals surface area (Å²) < 4.78 is 0. The molecule has 0 aromatic carbocycles. The minimum absolute atomic E-state index is 0.293. The second kappa shape index (κ2) is 6.76. The van der Waals surface area contributed by atoms with Crippen molar-refractivity contribution < 1.29 is 9.59 Å². The van der Waals surface area contributed by atoms with Gasteiger partial charge in [-0.3, -0.25) is 9.59 Å². The molecule has 2 amide bonds. The van der Waals surface area contributed by atoms with Crippen LogP contribution in [0.4, 0.5) is 0 Å². The Morgan fingerprint density at radius 3 is 2.28 bits per heavy atom. The number of nitrogens with one attached hydrogen (secondary N) is 1. The molecule has 0 unspecified atom stereocenters. The zero-order valence-corrected chi connectivity index (χ0v) is 11.1. The van der Waals surface area contributed by atoms with E-state index in [1.807, 2.05) is 4.90 Å². The van der Waals surface area contributed by atoms with E-state index in [0.29, 0.717) is 12.6 Å². The van der Waals surface area contributed by atoms with E-state index in [4.69, 9.17) is 0 Å². The highest BCUT2D eigenvalue weighted by Crippen LogP contribution is 2.22. The number of hydrogen-bond donors (Lipinski definition) is 1. The van der Waals surface area contributed by atoms with Crippen LogP contribution in [0.1, 0.15) is 57.8 Å². The van der Waals surface area contributed by atoms with Crippen molar-refractivity contribution in [2.45, 2.75) is 63.8 Å². The fourth-order valence-electron chi connectivity index (χ4n) is 3.01. The molecule has 1 saturated heterocycles. The van der Waals surface area contributed by atoms with Gasteiger partial charge in [0.15, 0.2) is 0 Å². The van der Waals surface area contributed by atoms with Crippen molar-refractivity contribution >= 4 is 11.8 Å². The first-order valence-corrected chi connectivity index (χ1v) is 7.38. The van der Waals surface area contributed by atoms with Gasteiger partial charge in [-0.25, -0.2) is 0 Å². The van der Waals surface area contributed by atoms with Gasteiger partial charge in [0.25, 0.3) is 0 Å². The zero-order chi connectivity index (χ0) is 12.8. The summed E-state index contributed by atoms with van der Waals surface area (Å²) in [7, 11) is 0. The standard InChI is InChI=1S/C14H24N2O2/c17-13-14(18)16(11-7-6-10-15-13)12-8-4-2-1-3-5-9-12/h12H,1-11H2,(H,15,17). The average Bonchev–Trinajstić information content (AvgIpc) is 2.32. The fraction of sp³-hybridized carbons (Fsp3) is 0.857. The van der Waals surface area contributed by atoms with Crippen LogP contribution in [0.2, 0.25) is 0 Å². The maximum Gasteiger partial charge on any atom is 0.312 e. The average molecular weight is 252 g/mol. The summed E-state index contributed by atoms with van der Waals surface area (Å²) in [5, 5.41) is 2.70. The van der Waals surface area contributed by atoms with Crippen LogP contribution >= 0.6 is 0 Å². The molecule has 102 valence electrons. The van der Waals surface area contributed by atoms with Gasteiger partial charge in [0.05, 0.1) is 0 Å². The Hall–Kier alpha value is -1.06. The molecule has 1 aliphatic heterocycles. The summed E-state index contributed by atoms with van der Waals surface area (Å²) in [5.41, 5.74) is 0. The molecule has 4 nitrogen and oxygen atoms in total. The number of rotatable bonds is 1. The summed E-state index contributed by atoms with van der Waals surface area (Å²) in [6.45, 7) is 1.40. The molecule has 0 atom stereocenters. The monoisotopic (exact) mass is 252 g/mol. The lowest BCUT2D eigenvalue weighted by Crippen LogP contribution is -2.50. The molecule has 1 N–H and O–H groups in total. The van der Waals surface area contributed by atoms with Crippen molar-refractivity contribution in [3.63, 3.8) is 0 Å². The molecule has 2 rings (SSSR count). The summed E-state index contributed by atoms with van der Waals surface area (Å²) in [4.78, 5) is 25.6. The molecule has 0 spiro atoms. The van der Waals surface area contributed by atoms with E-state index in [2.05, 4.69) is 5.32 Å². The number of amides is 2. The van der Waals surface area contributed by atoms with E-state index in [0.717, 1.165) is 32.2 Å². The lowest BCUT2D eigenvalue weighted by Gasteiger charge is -2.33. The third-order valence-corrected chi connectivity index (χ3v) is 4.08. The first-order chi connectivity index (χ1) is 8.79. The van der Waals surface area contributed by atoms with Crippen LogP contribution < -0.4 is 5.32 Å². The highest BCUT2D eigenvalue weighted by Gasteiger charge is 2.29. The van der Waals surface area contributed by atoms with E-state index in [-0.39, 0.29) is 5.91 Å². The van der Waals surface area contributed by atoms with Crippen LogP contribution in [-0.2, 0) is 9.59 Å². The lowest BCUT2D eigenvalue weighted by atomic mass is 9.95. The SMILES string of the molecule is O=C1NCCCCN(C2CCCCCCC2)C1=O. The summed E-state index contributed by atoms with van der Waals surface area (Å²) in [6.07, 6.45) is 10.4. The number of carbonyl (C=O) groups is 2. The van der Waals surface area contributed by atoms with Gasteiger partial charge in [-0.1, -0.05) is 32.1 Å². The van der Waals surface area contributed by atoms with Gasteiger partial charge >= 0.3 is 11.8 Å². The quantitative estimate of drug-likeness (QED) is 0.724. The third-order valence-electron chi connectivity index (χ3n) is 4.08. The van der Waals surface area contributed by atoms with Gasteiger partial charge in [-0.05, 0) is 25.7 Å². The maximum atomic E-state index is 12.1. The van der Waals surface area contributed by atoms with Crippen molar-refractivity contribution in [2.75, 3.05) is 13.1 Å². The molecule has 0 aromatic rings. The highest BCUT2D eigenvalue weighted by atomic mass is 16.2. The summed E-state index contributed by atoms with van der Waals surface area (Å²) in [6, 6.07) is 0.293. The third kappa shape index (κ3) is 3.47. The van der Waals surface area contributed by atoms with Gasteiger partial charge in [-0.15, -0.1) is 0 Å². The Balaban J connectivity index is 2.01. The van der Waals surface area contributed by atoms with Gasteiger partial charge in [-0.2, -0.15) is 0 Å². The van der Waals surface area contributed by atoms with Crippen LogP contribution in [0.25, 0.3) is 0 Å². The van der Waals surface area contributed by atoms with E-state index in [1.165, 1.54) is 32.1 Å². The van der Waals surface area contributed by atoms with Gasteiger partial charge in [0.1, 0.15) is 0 Å². The predicted octanol–water partition coefficient (Wildman–Crippen LogP) is 1.84. The lowest BCUT2D eigenvalue weighted by molar-refractivity contribution is -0.148. The molecule has 1 saturated carbocycles. The van der Waals surface area contributed by atoms with Gasteiger partial charge in [0.2, 0.25) is 0 Å². The minimum Gasteiger partial charge on any atom is -0.348 e. The topological polar surface area (TPSA) is 49.4 Å². The summed E-state index contributed by atoms with van der Waals surface area (Å²) in [5.74, 6) is -0.711. The van der Waals surface area contributed by atoms with E-state index < -0.39 is 5.91 Å². The Morgan fingerprint density at radius 1 is 0.889 bits per heavy atom. The molecule has 0 aromatic heterocycles. The molecular formula is C14H24N2O2. The second-order valence-corrected chi connectivity index (χ2v) is 5.46. The van der Waals surface area contributed by atoms with E-state index in [1.54, 1.807) is 0 Å². The van der Waals surface area contributed by atoms with Crippen LogP contribution in [0.3, 0.4) is 0 Å². The molecule has 1 heterocycles. The van der Waals surface area contributed by atoms with Crippen LogP contribution in [0.15, 0.2) is 0 Å². The molecule has 18 heavy (non-hydrogen) atoms. The Kier molecular flexibility index (Phi) is 5.02. The van der Waals surface area contributed by atoms with E-state index in [9.17, 15) is 9.59 Å². The van der Waals surface area contributed by atoms with Crippen LogP contribution in [0.5, 0.6) is 0 Å². The first kappa shape index (κ1) is 13.4. The molecule has 2 aliphatic rings. The molecular weight excluding hydrogens is 228 g/mol. The van der Waals surface area contributed by atoms with E-state index >= 15 is 0 Å². The normalized spacial score (nSPS) is 24.8. The van der Waals surface area contributed by atoms with Crippen molar-refractivity contribution in [3.8, 4) is 0 Å². The van der Waals surface area contributed by atoms with Crippen molar-refractivity contribution in [1.29, 1.82) is 0 Å². The fourth-order valence-corrected chi connectivity index (χ4v) is 3.01. The number of nitrogens with zero attached hydrogens (tertiary/aromatic N) is 1. The zero-order valence-electron chi connectivity index (χ0n) is 11.1.